The second-order valence-electron chi connectivity index (χ2n) is 4.44. The van der Waals surface area contributed by atoms with Gasteiger partial charge >= 0.3 is 0 Å². The van der Waals surface area contributed by atoms with Crippen molar-refractivity contribution >= 4 is 0 Å². The lowest BCUT2D eigenvalue weighted by Crippen LogP contribution is -2.04. The molecule has 1 aromatic carbocycles. The van der Waals surface area contributed by atoms with Gasteiger partial charge in [-0.2, -0.15) is 5.10 Å². The van der Waals surface area contributed by atoms with Crippen LogP contribution in [-0.4, -0.2) is 23.9 Å². The van der Waals surface area contributed by atoms with Crippen molar-refractivity contribution in [3.05, 3.63) is 35.2 Å². The quantitative estimate of drug-likeness (QED) is 0.868. The van der Waals surface area contributed by atoms with Gasteiger partial charge < -0.3 is 10.5 Å². The van der Waals surface area contributed by atoms with Gasteiger partial charge in [-0.1, -0.05) is 0 Å². The van der Waals surface area contributed by atoms with Crippen LogP contribution in [0.4, 0.5) is 0 Å². The summed E-state index contributed by atoms with van der Waals surface area (Å²) in [6, 6.07) is 4.24. The van der Waals surface area contributed by atoms with Crippen LogP contribution >= 0.6 is 0 Å². The Morgan fingerprint density at radius 1 is 1.28 bits per heavy atom. The number of rotatable bonds is 4. The Balaban J connectivity index is 2.48. The second kappa shape index (κ2) is 5.23. The third-order valence-corrected chi connectivity index (χ3v) is 3.09. The molecule has 0 atom stereocenters. The SMILES string of the molecule is COc1c(C)cc(-c2cn[nH]c2CCN)cc1C. The average molecular weight is 245 g/mol. The van der Waals surface area contributed by atoms with E-state index in [2.05, 4.69) is 36.2 Å². The van der Waals surface area contributed by atoms with Crippen LogP contribution in [0, 0.1) is 13.8 Å². The van der Waals surface area contributed by atoms with Gasteiger partial charge in [0.25, 0.3) is 0 Å². The zero-order valence-electron chi connectivity index (χ0n) is 11.1. The Morgan fingerprint density at radius 3 is 2.50 bits per heavy atom. The molecule has 0 aliphatic carbocycles. The van der Waals surface area contributed by atoms with Crippen LogP contribution < -0.4 is 10.5 Å². The third-order valence-electron chi connectivity index (χ3n) is 3.09. The summed E-state index contributed by atoms with van der Waals surface area (Å²) in [4.78, 5) is 0. The molecular formula is C14H19N3O. The standard InChI is InChI=1S/C14H19N3O/c1-9-6-11(7-10(2)14(9)18-3)12-8-16-17-13(12)4-5-15/h6-8H,4-5,15H2,1-3H3,(H,16,17). The van der Waals surface area contributed by atoms with Gasteiger partial charge in [-0.15, -0.1) is 0 Å². The maximum Gasteiger partial charge on any atom is 0.124 e. The summed E-state index contributed by atoms with van der Waals surface area (Å²) in [6.45, 7) is 4.72. The normalized spacial score (nSPS) is 10.7. The number of ether oxygens (including phenoxy) is 1. The van der Waals surface area contributed by atoms with Crippen LogP contribution in [0.15, 0.2) is 18.3 Å². The first kappa shape index (κ1) is 12.6. The summed E-state index contributed by atoms with van der Waals surface area (Å²) in [7, 11) is 1.70. The highest BCUT2D eigenvalue weighted by Gasteiger charge is 2.11. The van der Waals surface area contributed by atoms with Gasteiger partial charge in [0.05, 0.1) is 13.3 Å². The zero-order valence-corrected chi connectivity index (χ0v) is 11.1. The lowest BCUT2D eigenvalue weighted by atomic mass is 9.99. The predicted octanol–water partition coefficient (Wildman–Crippen LogP) is 2.20. The van der Waals surface area contributed by atoms with Crippen molar-refractivity contribution in [2.75, 3.05) is 13.7 Å². The van der Waals surface area contributed by atoms with Gasteiger partial charge in [-0.3, -0.25) is 5.10 Å². The van der Waals surface area contributed by atoms with E-state index in [-0.39, 0.29) is 0 Å². The number of aryl methyl sites for hydroxylation is 2. The first-order valence-corrected chi connectivity index (χ1v) is 6.05. The first-order valence-electron chi connectivity index (χ1n) is 6.05. The minimum atomic E-state index is 0.614. The second-order valence-corrected chi connectivity index (χ2v) is 4.44. The summed E-state index contributed by atoms with van der Waals surface area (Å²) in [6.07, 6.45) is 2.66. The number of benzene rings is 1. The molecule has 4 nitrogen and oxygen atoms in total. The molecule has 0 saturated heterocycles. The smallest absolute Gasteiger partial charge is 0.124 e. The van der Waals surface area contributed by atoms with Crippen molar-refractivity contribution in [1.29, 1.82) is 0 Å². The van der Waals surface area contributed by atoms with E-state index in [0.29, 0.717) is 6.54 Å². The van der Waals surface area contributed by atoms with Crippen molar-refractivity contribution in [3.63, 3.8) is 0 Å². The Kier molecular flexibility index (Phi) is 3.67. The van der Waals surface area contributed by atoms with Crippen molar-refractivity contribution in [2.45, 2.75) is 20.3 Å². The third kappa shape index (κ3) is 2.24. The Morgan fingerprint density at radius 2 is 1.94 bits per heavy atom. The number of methoxy groups -OCH3 is 1. The van der Waals surface area contributed by atoms with Crippen LogP contribution in [-0.2, 0) is 6.42 Å². The largest absolute Gasteiger partial charge is 0.496 e. The fourth-order valence-corrected chi connectivity index (χ4v) is 2.32. The maximum atomic E-state index is 5.60. The molecule has 3 N–H and O–H groups in total. The molecule has 1 heterocycles. The Labute approximate surface area is 107 Å². The van der Waals surface area contributed by atoms with Crippen LogP contribution in [0.5, 0.6) is 5.75 Å². The fourth-order valence-electron chi connectivity index (χ4n) is 2.32. The molecule has 18 heavy (non-hydrogen) atoms. The molecule has 2 aromatic rings. The average Bonchev–Trinajstić information content (AvgIpc) is 2.77. The van der Waals surface area contributed by atoms with Gasteiger partial charge in [0.2, 0.25) is 0 Å². The lowest BCUT2D eigenvalue weighted by Gasteiger charge is -2.11. The van der Waals surface area contributed by atoms with E-state index in [9.17, 15) is 0 Å². The number of hydrogen-bond donors (Lipinski definition) is 2. The van der Waals surface area contributed by atoms with E-state index in [1.807, 2.05) is 6.20 Å². The molecule has 0 aliphatic rings. The summed E-state index contributed by atoms with van der Waals surface area (Å²) in [5.41, 5.74) is 11.2. The molecule has 2 rings (SSSR count). The number of nitrogens with one attached hydrogen (secondary N) is 1. The highest BCUT2D eigenvalue weighted by molar-refractivity contribution is 5.68. The molecule has 0 radical (unpaired) electrons. The molecular weight excluding hydrogens is 226 g/mol. The Bertz CT molecular complexity index is 523. The van der Waals surface area contributed by atoms with E-state index in [1.54, 1.807) is 7.11 Å². The number of aromatic nitrogens is 2. The monoisotopic (exact) mass is 245 g/mol. The van der Waals surface area contributed by atoms with Gasteiger partial charge in [0, 0.05) is 17.7 Å². The molecule has 0 saturated carbocycles. The first-order chi connectivity index (χ1) is 8.67. The number of hydrogen-bond acceptors (Lipinski definition) is 3. The highest BCUT2D eigenvalue weighted by Crippen LogP contribution is 2.31. The number of H-pyrrole nitrogens is 1. The van der Waals surface area contributed by atoms with Crippen molar-refractivity contribution < 1.29 is 4.74 Å². The molecule has 0 unspecified atom stereocenters. The maximum absolute atomic E-state index is 5.60. The molecule has 0 amide bonds. The van der Waals surface area contributed by atoms with Crippen molar-refractivity contribution in [3.8, 4) is 16.9 Å². The molecule has 1 aromatic heterocycles. The van der Waals surface area contributed by atoms with E-state index in [1.165, 1.54) is 0 Å². The number of aromatic amines is 1. The topological polar surface area (TPSA) is 63.9 Å². The molecule has 4 heteroatoms. The van der Waals surface area contributed by atoms with E-state index >= 15 is 0 Å². The highest BCUT2D eigenvalue weighted by atomic mass is 16.5. The number of nitrogens with zero attached hydrogens (tertiary/aromatic N) is 1. The van der Waals surface area contributed by atoms with E-state index in [4.69, 9.17) is 10.5 Å². The summed E-state index contributed by atoms with van der Waals surface area (Å²) >= 11 is 0. The van der Waals surface area contributed by atoms with Crippen molar-refractivity contribution in [1.82, 2.24) is 10.2 Å². The predicted molar refractivity (Wildman–Crippen MR) is 72.8 cm³/mol. The molecule has 0 fully saturated rings. The summed E-state index contributed by atoms with van der Waals surface area (Å²) in [5, 5.41) is 7.12. The van der Waals surface area contributed by atoms with Gasteiger partial charge in [0.1, 0.15) is 5.75 Å². The molecule has 0 bridgehead atoms. The lowest BCUT2D eigenvalue weighted by molar-refractivity contribution is 0.408. The van der Waals surface area contributed by atoms with Crippen LogP contribution in [0.3, 0.4) is 0 Å². The van der Waals surface area contributed by atoms with Crippen LogP contribution in [0.2, 0.25) is 0 Å². The molecule has 0 spiro atoms. The fraction of sp³-hybridized carbons (Fsp3) is 0.357. The Hall–Kier alpha value is -1.81. The van der Waals surface area contributed by atoms with Crippen LogP contribution in [0.1, 0.15) is 16.8 Å². The van der Waals surface area contributed by atoms with Gasteiger partial charge in [-0.05, 0) is 49.2 Å². The molecule has 96 valence electrons. The van der Waals surface area contributed by atoms with Crippen molar-refractivity contribution in [2.24, 2.45) is 5.73 Å². The number of nitrogens with two attached hydrogens (primary N) is 1. The summed E-state index contributed by atoms with van der Waals surface area (Å²) < 4.78 is 5.38. The van der Waals surface area contributed by atoms with Gasteiger partial charge in [-0.25, -0.2) is 0 Å². The minimum absolute atomic E-state index is 0.614. The van der Waals surface area contributed by atoms with E-state index in [0.717, 1.165) is 40.1 Å². The van der Waals surface area contributed by atoms with E-state index < -0.39 is 0 Å². The van der Waals surface area contributed by atoms with Gasteiger partial charge in [0.15, 0.2) is 0 Å². The molecule has 0 aliphatic heterocycles. The van der Waals surface area contributed by atoms with Crippen LogP contribution in [0.25, 0.3) is 11.1 Å². The zero-order chi connectivity index (χ0) is 13.1. The minimum Gasteiger partial charge on any atom is -0.496 e. The summed E-state index contributed by atoms with van der Waals surface area (Å²) in [5.74, 6) is 0.947.